The van der Waals surface area contributed by atoms with Crippen molar-refractivity contribution in [1.29, 1.82) is 0 Å². The summed E-state index contributed by atoms with van der Waals surface area (Å²) in [6.07, 6.45) is 3.86. The van der Waals surface area contributed by atoms with Gasteiger partial charge in [-0.3, -0.25) is 4.68 Å². The lowest BCUT2D eigenvalue weighted by molar-refractivity contribution is 0.301. The van der Waals surface area contributed by atoms with Crippen molar-refractivity contribution < 1.29 is 4.74 Å². The van der Waals surface area contributed by atoms with Gasteiger partial charge in [0.1, 0.15) is 12.4 Å². The average molecular weight is 344 g/mol. The lowest BCUT2D eigenvalue weighted by atomic mass is 10.0. The normalized spacial score (nSPS) is 10.3. The van der Waals surface area contributed by atoms with Crippen molar-refractivity contribution in [3.05, 3.63) is 71.5 Å². The van der Waals surface area contributed by atoms with Crippen LogP contribution in [0.15, 0.2) is 54.9 Å². The summed E-state index contributed by atoms with van der Waals surface area (Å²) >= 11 is 0. The van der Waals surface area contributed by atoms with Crippen molar-refractivity contribution in [2.24, 2.45) is 12.8 Å². The standard InChI is InChI=1S/C19H21N3O.ClH/c1-14-8-16(18-11-21-22(2)12-18)9-17(10-20)19(14)23-13-15-6-4-3-5-7-15;/h3-9,11-12H,10,13,20H2,1-2H3;1H. The van der Waals surface area contributed by atoms with Crippen LogP contribution < -0.4 is 10.5 Å². The molecular formula is C19H22ClN3O. The number of hydrogen-bond acceptors (Lipinski definition) is 3. The molecule has 0 saturated heterocycles. The van der Waals surface area contributed by atoms with Crippen molar-refractivity contribution in [2.45, 2.75) is 20.1 Å². The van der Waals surface area contributed by atoms with E-state index in [4.69, 9.17) is 10.5 Å². The third-order valence-corrected chi connectivity index (χ3v) is 3.84. The number of aromatic nitrogens is 2. The van der Waals surface area contributed by atoms with Gasteiger partial charge in [0.05, 0.1) is 6.20 Å². The van der Waals surface area contributed by atoms with Crippen molar-refractivity contribution >= 4 is 12.4 Å². The van der Waals surface area contributed by atoms with Crippen molar-refractivity contribution in [3.63, 3.8) is 0 Å². The van der Waals surface area contributed by atoms with Gasteiger partial charge in [0.15, 0.2) is 0 Å². The molecule has 2 N–H and O–H groups in total. The molecule has 1 aromatic heterocycles. The topological polar surface area (TPSA) is 53.1 Å². The number of nitrogens with zero attached hydrogens (tertiary/aromatic N) is 2. The van der Waals surface area contributed by atoms with E-state index in [0.717, 1.165) is 33.6 Å². The van der Waals surface area contributed by atoms with Gasteiger partial charge in [0.25, 0.3) is 0 Å². The molecule has 2 aromatic carbocycles. The van der Waals surface area contributed by atoms with Gasteiger partial charge in [-0.25, -0.2) is 0 Å². The Morgan fingerprint density at radius 1 is 1.12 bits per heavy atom. The SMILES string of the molecule is Cc1cc(-c2cnn(C)c2)cc(CN)c1OCc1ccccc1.Cl. The lowest BCUT2D eigenvalue weighted by Gasteiger charge is -2.15. The molecule has 4 nitrogen and oxygen atoms in total. The first kappa shape index (κ1) is 18.0. The van der Waals surface area contributed by atoms with Gasteiger partial charge >= 0.3 is 0 Å². The van der Waals surface area contributed by atoms with Crippen molar-refractivity contribution in [3.8, 4) is 16.9 Å². The van der Waals surface area contributed by atoms with E-state index in [2.05, 4.69) is 36.3 Å². The molecule has 1 heterocycles. The van der Waals surface area contributed by atoms with E-state index >= 15 is 0 Å². The first-order valence-electron chi connectivity index (χ1n) is 7.66. The zero-order valence-corrected chi connectivity index (χ0v) is 14.7. The second-order valence-corrected chi connectivity index (χ2v) is 5.66. The quantitative estimate of drug-likeness (QED) is 0.765. The molecule has 0 amide bonds. The van der Waals surface area contributed by atoms with Crippen LogP contribution in [0.1, 0.15) is 16.7 Å². The molecule has 0 spiro atoms. The first-order chi connectivity index (χ1) is 11.2. The fraction of sp³-hybridized carbons (Fsp3) is 0.211. The number of ether oxygens (including phenoxy) is 1. The fourth-order valence-corrected chi connectivity index (χ4v) is 2.67. The number of nitrogens with two attached hydrogens (primary N) is 1. The van der Waals surface area contributed by atoms with Crippen LogP contribution in [-0.4, -0.2) is 9.78 Å². The smallest absolute Gasteiger partial charge is 0.127 e. The van der Waals surface area contributed by atoms with E-state index in [1.165, 1.54) is 0 Å². The molecule has 0 aliphatic rings. The molecule has 0 unspecified atom stereocenters. The summed E-state index contributed by atoms with van der Waals surface area (Å²) in [4.78, 5) is 0. The minimum absolute atomic E-state index is 0. The maximum Gasteiger partial charge on any atom is 0.127 e. The highest BCUT2D eigenvalue weighted by molar-refractivity contribution is 5.85. The van der Waals surface area contributed by atoms with Crippen LogP contribution in [0.4, 0.5) is 0 Å². The largest absolute Gasteiger partial charge is 0.488 e. The molecule has 0 aliphatic heterocycles. The fourth-order valence-electron chi connectivity index (χ4n) is 2.67. The van der Waals surface area contributed by atoms with E-state index in [1.807, 2.05) is 37.6 Å². The highest BCUT2D eigenvalue weighted by Gasteiger charge is 2.11. The van der Waals surface area contributed by atoms with Crippen LogP contribution >= 0.6 is 12.4 Å². The van der Waals surface area contributed by atoms with Crippen LogP contribution in [0.5, 0.6) is 5.75 Å². The van der Waals surface area contributed by atoms with Gasteiger partial charge in [-0.15, -0.1) is 12.4 Å². The summed E-state index contributed by atoms with van der Waals surface area (Å²) in [5.74, 6) is 0.879. The maximum atomic E-state index is 6.04. The molecule has 0 atom stereocenters. The average Bonchev–Trinajstić information content (AvgIpc) is 3.00. The number of halogens is 1. The Balaban J connectivity index is 0.00000208. The van der Waals surface area contributed by atoms with Gasteiger partial charge in [-0.05, 0) is 35.7 Å². The Labute approximate surface area is 148 Å². The Kier molecular flexibility index (Phi) is 6.01. The maximum absolute atomic E-state index is 6.04. The molecule has 24 heavy (non-hydrogen) atoms. The van der Waals surface area contributed by atoms with Crippen LogP contribution in [-0.2, 0) is 20.2 Å². The molecule has 0 aliphatic carbocycles. The summed E-state index contributed by atoms with van der Waals surface area (Å²) in [6, 6.07) is 14.4. The lowest BCUT2D eigenvalue weighted by Crippen LogP contribution is -2.05. The molecule has 0 bridgehead atoms. The molecule has 0 radical (unpaired) electrons. The first-order valence-corrected chi connectivity index (χ1v) is 7.66. The van der Waals surface area contributed by atoms with Crippen LogP contribution in [0.3, 0.4) is 0 Å². The molecule has 5 heteroatoms. The second-order valence-electron chi connectivity index (χ2n) is 5.66. The molecular weight excluding hydrogens is 322 g/mol. The predicted molar refractivity (Wildman–Crippen MR) is 99.3 cm³/mol. The van der Waals surface area contributed by atoms with Crippen molar-refractivity contribution in [1.82, 2.24) is 9.78 Å². The number of rotatable bonds is 5. The van der Waals surface area contributed by atoms with Crippen LogP contribution in [0, 0.1) is 6.92 Å². The zero-order valence-electron chi connectivity index (χ0n) is 13.9. The number of hydrogen-bond donors (Lipinski definition) is 1. The molecule has 0 fully saturated rings. The van der Waals surface area contributed by atoms with E-state index in [1.54, 1.807) is 4.68 Å². The molecule has 0 saturated carbocycles. The van der Waals surface area contributed by atoms with Gasteiger partial charge < -0.3 is 10.5 Å². The zero-order chi connectivity index (χ0) is 16.2. The molecule has 3 rings (SSSR count). The molecule has 3 aromatic rings. The third kappa shape index (κ3) is 3.96. The van der Waals surface area contributed by atoms with E-state index in [-0.39, 0.29) is 12.4 Å². The van der Waals surface area contributed by atoms with Gasteiger partial charge in [0.2, 0.25) is 0 Å². The van der Waals surface area contributed by atoms with E-state index in [9.17, 15) is 0 Å². The number of aryl methyl sites for hydroxylation is 2. The van der Waals surface area contributed by atoms with Crippen LogP contribution in [0.25, 0.3) is 11.1 Å². The van der Waals surface area contributed by atoms with E-state index < -0.39 is 0 Å². The van der Waals surface area contributed by atoms with Crippen LogP contribution in [0.2, 0.25) is 0 Å². The minimum Gasteiger partial charge on any atom is -0.488 e. The van der Waals surface area contributed by atoms with Gasteiger partial charge in [-0.1, -0.05) is 30.3 Å². The highest BCUT2D eigenvalue weighted by Crippen LogP contribution is 2.31. The summed E-state index contributed by atoms with van der Waals surface area (Å²) in [6.45, 7) is 3.04. The Bertz CT molecular complexity index is 800. The predicted octanol–water partition coefficient (Wildman–Crippen LogP) is 3.86. The van der Waals surface area contributed by atoms with Gasteiger partial charge in [-0.2, -0.15) is 5.10 Å². The Morgan fingerprint density at radius 2 is 1.88 bits per heavy atom. The van der Waals surface area contributed by atoms with Gasteiger partial charge in [0, 0.05) is 30.9 Å². The van der Waals surface area contributed by atoms with Crippen molar-refractivity contribution in [2.75, 3.05) is 0 Å². The molecule has 126 valence electrons. The summed E-state index contributed by atoms with van der Waals surface area (Å²) in [5.41, 5.74) is 11.4. The number of benzene rings is 2. The second kappa shape index (κ2) is 7.99. The monoisotopic (exact) mass is 343 g/mol. The minimum atomic E-state index is 0. The summed E-state index contributed by atoms with van der Waals surface area (Å²) in [7, 11) is 1.91. The highest BCUT2D eigenvalue weighted by atomic mass is 35.5. The summed E-state index contributed by atoms with van der Waals surface area (Å²) in [5, 5.41) is 4.23. The van der Waals surface area contributed by atoms with E-state index in [0.29, 0.717) is 13.2 Å². The summed E-state index contributed by atoms with van der Waals surface area (Å²) < 4.78 is 7.84. The third-order valence-electron chi connectivity index (χ3n) is 3.84. The Hall–Kier alpha value is -2.30. The Morgan fingerprint density at radius 3 is 2.50 bits per heavy atom.